The molecule has 0 saturated heterocycles. The Morgan fingerprint density at radius 1 is 1.39 bits per heavy atom. The fourth-order valence-electron chi connectivity index (χ4n) is 2.38. The number of fused-ring (bicyclic) bond motifs is 1. The van der Waals surface area contributed by atoms with Crippen LogP contribution in [-0.2, 0) is 0 Å². The first-order valence-corrected chi connectivity index (χ1v) is 6.90. The minimum atomic E-state index is -0.672. The third-order valence-electron chi connectivity index (χ3n) is 3.34. The van der Waals surface area contributed by atoms with E-state index in [2.05, 4.69) is 15.1 Å². The minimum Gasteiger partial charge on any atom is -0.504 e. The molecule has 3 aromatic rings. The van der Waals surface area contributed by atoms with Crippen LogP contribution in [0.25, 0.3) is 17.0 Å². The van der Waals surface area contributed by atoms with Crippen LogP contribution in [0.3, 0.4) is 0 Å². The Morgan fingerprint density at radius 3 is 2.74 bits per heavy atom. The van der Waals surface area contributed by atoms with Gasteiger partial charge in [-0.3, -0.25) is 4.79 Å². The van der Waals surface area contributed by atoms with Gasteiger partial charge in [-0.05, 0) is 36.7 Å². The zero-order valence-corrected chi connectivity index (χ0v) is 13.0. The van der Waals surface area contributed by atoms with Crippen molar-refractivity contribution in [1.29, 1.82) is 0 Å². The highest BCUT2D eigenvalue weighted by atomic mass is 35.5. The number of aromatic nitrogens is 4. The fourth-order valence-corrected chi connectivity index (χ4v) is 2.54. The summed E-state index contributed by atoms with van der Waals surface area (Å²) in [7, 11) is 1.44. The number of primary amides is 1. The van der Waals surface area contributed by atoms with E-state index >= 15 is 0 Å². The van der Waals surface area contributed by atoms with Crippen molar-refractivity contribution >= 4 is 23.3 Å². The van der Waals surface area contributed by atoms with Crippen molar-refractivity contribution in [2.75, 3.05) is 7.11 Å². The Morgan fingerprint density at radius 2 is 2.13 bits per heavy atom. The van der Waals surface area contributed by atoms with Crippen LogP contribution in [0.2, 0.25) is 5.28 Å². The van der Waals surface area contributed by atoms with E-state index in [9.17, 15) is 9.90 Å². The largest absolute Gasteiger partial charge is 0.504 e. The molecule has 0 saturated carbocycles. The second-order valence-electron chi connectivity index (χ2n) is 4.76. The Bertz CT molecular complexity index is 938. The topological polar surface area (TPSA) is 116 Å². The molecule has 1 amide bonds. The summed E-state index contributed by atoms with van der Waals surface area (Å²) in [5.41, 5.74) is 6.88. The maximum absolute atomic E-state index is 11.9. The molecule has 0 spiro atoms. The lowest BCUT2D eigenvalue weighted by Gasteiger charge is -2.12. The Kier molecular flexibility index (Phi) is 3.53. The maximum Gasteiger partial charge on any atom is 0.254 e. The average Bonchev–Trinajstić information content (AvgIpc) is 2.85. The number of aromatic hydroxyl groups is 1. The van der Waals surface area contributed by atoms with E-state index in [1.54, 1.807) is 19.1 Å². The van der Waals surface area contributed by atoms with Crippen LogP contribution in [-0.4, -0.2) is 37.7 Å². The first kappa shape index (κ1) is 15.0. The molecule has 9 heteroatoms. The van der Waals surface area contributed by atoms with Crippen LogP contribution in [0.5, 0.6) is 11.5 Å². The summed E-state index contributed by atoms with van der Waals surface area (Å²) in [6.07, 6.45) is 0. The van der Waals surface area contributed by atoms with Crippen LogP contribution >= 0.6 is 11.6 Å². The number of phenolic OH excluding ortho intramolecular Hbond substituents is 1. The van der Waals surface area contributed by atoms with Gasteiger partial charge in [0, 0.05) is 5.56 Å². The van der Waals surface area contributed by atoms with Crippen LogP contribution in [0, 0.1) is 6.92 Å². The van der Waals surface area contributed by atoms with Gasteiger partial charge in [0.15, 0.2) is 11.5 Å². The lowest BCUT2D eigenvalue weighted by Crippen LogP contribution is -2.18. The summed E-state index contributed by atoms with van der Waals surface area (Å²) >= 11 is 5.84. The molecule has 0 fully saturated rings. The van der Waals surface area contributed by atoms with Crippen molar-refractivity contribution in [3.63, 3.8) is 0 Å². The first-order valence-electron chi connectivity index (χ1n) is 6.52. The van der Waals surface area contributed by atoms with Crippen molar-refractivity contribution in [2.45, 2.75) is 6.92 Å². The summed E-state index contributed by atoms with van der Waals surface area (Å²) in [6.45, 7) is 1.63. The molecule has 0 unspecified atom stereocenters. The SMILES string of the molecule is COc1ccc(-c2c(C(N)=O)c(C)nc3nc(Cl)nn23)cc1O. The van der Waals surface area contributed by atoms with E-state index in [0.717, 1.165) is 0 Å². The highest BCUT2D eigenvalue weighted by molar-refractivity contribution is 6.28. The number of ether oxygens (including phenoxy) is 1. The lowest BCUT2D eigenvalue weighted by molar-refractivity contribution is 0.0999. The zero-order valence-electron chi connectivity index (χ0n) is 12.2. The van der Waals surface area contributed by atoms with Gasteiger partial charge in [-0.2, -0.15) is 9.50 Å². The number of rotatable bonds is 3. The molecule has 0 atom stereocenters. The molecule has 8 nitrogen and oxygen atoms in total. The average molecular weight is 334 g/mol. The molecule has 2 aromatic heterocycles. The Hall–Kier alpha value is -2.87. The predicted molar refractivity (Wildman–Crippen MR) is 82.7 cm³/mol. The van der Waals surface area contributed by atoms with Crippen LogP contribution in [0.15, 0.2) is 18.2 Å². The summed E-state index contributed by atoms with van der Waals surface area (Å²) < 4.78 is 6.34. The number of nitrogens with zero attached hydrogens (tertiary/aromatic N) is 4. The molecule has 2 heterocycles. The predicted octanol–water partition coefficient (Wildman–Crippen LogP) is 1.57. The number of carbonyl (C=O) groups is 1. The monoisotopic (exact) mass is 333 g/mol. The number of methoxy groups -OCH3 is 1. The van der Waals surface area contributed by atoms with Crippen molar-refractivity contribution in [3.05, 3.63) is 34.7 Å². The molecule has 0 aliphatic rings. The van der Waals surface area contributed by atoms with Gasteiger partial charge in [-0.1, -0.05) is 0 Å². The molecule has 23 heavy (non-hydrogen) atoms. The van der Waals surface area contributed by atoms with Gasteiger partial charge in [0.1, 0.15) is 0 Å². The molecular weight excluding hydrogens is 322 g/mol. The number of benzene rings is 1. The maximum atomic E-state index is 11.9. The van der Waals surface area contributed by atoms with Gasteiger partial charge in [0.25, 0.3) is 11.7 Å². The molecule has 0 aliphatic heterocycles. The molecule has 0 bridgehead atoms. The summed E-state index contributed by atoms with van der Waals surface area (Å²) in [5, 5.41) is 14.0. The van der Waals surface area contributed by atoms with Gasteiger partial charge in [0.2, 0.25) is 5.28 Å². The Labute approximate surface area is 135 Å². The molecular formula is C14H12ClN5O3. The summed E-state index contributed by atoms with van der Waals surface area (Å²) in [5.74, 6) is -0.237. The van der Waals surface area contributed by atoms with E-state index in [4.69, 9.17) is 22.1 Å². The molecule has 0 aliphatic carbocycles. The van der Waals surface area contributed by atoms with E-state index in [0.29, 0.717) is 22.7 Å². The number of carbonyl (C=O) groups excluding carboxylic acids is 1. The zero-order chi connectivity index (χ0) is 16.7. The van der Waals surface area contributed by atoms with Gasteiger partial charge in [-0.15, -0.1) is 5.10 Å². The van der Waals surface area contributed by atoms with Crippen LogP contribution in [0.1, 0.15) is 16.1 Å². The standard InChI is InChI=1S/C14H12ClN5O3/c1-6-10(12(16)22)11(20-14(17-6)18-13(15)19-20)7-3-4-9(23-2)8(21)5-7/h3-5,21H,1-2H3,(H2,16,22). The minimum absolute atomic E-state index is 0.0162. The highest BCUT2D eigenvalue weighted by Crippen LogP contribution is 2.33. The van der Waals surface area contributed by atoms with Crippen LogP contribution < -0.4 is 10.5 Å². The van der Waals surface area contributed by atoms with Crippen molar-refractivity contribution in [2.24, 2.45) is 5.73 Å². The fraction of sp³-hybridized carbons (Fsp3) is 0.143. The van der Waals surface area contributed by atoms with E-state index in [1.807, 2.05) is 0 Å². The smallest absolute Gasteiger partial charge is 0.254 e. The van der Waals surface area contributed by atoms with Gasteiger partial charge >= 0.3 is 0 Å². The second kappa shape index (κ2) is 5.40. The van der Waals surface area contributed by atoms with Gasteiger partial charge in [0.05, 0.1) is 24.1 Å². The molecule has 3 N–H and O–H groups in total. The number of amides is 1. The van der Waals surface area contributed by atoms with E-state index < -0.39 is 5.91 Å². The van der Waals surface area contributed by atoms with E-state index in [1.165, 1.54) is 17.7 Å². The highest BCUT2D eigenvalue weighted by Gasteiger charge is 2.21. The summed E-state index contributed by atoms with van der Waals surface area (Å²) in [6, 6.07) is 4.67. The third kappa shape index (κ3) is 2.42. The van der Waals surface area contributed by atoms with Crippen molar-refractivity contribution in [3.8, 4) is 22.8 Å². The molecule has 0 radical (unpaired) electrons. The number of nitrogens with two attached hydrogens (primary N) is 1. The quantitative estimate of drug-likeness (QED) is 0.751. The lowest BCUT2D eigenvalue weighted by atomic mass is 10.0. The normalized spacial score (nSPS) is 10.9. The van der Waals surface area contributed by atoms with Crippen LogP contribution in [0.4, 0.5) is 0 Å². The van der Waals surface area contributed by atoms with Gasteiger partial charge < -0.3 is 15.6 Å². The summed E-state index contributed by atoms with van der Waals surface area (Å²) in [4.78, 5) is 20.0. The molecule has 118 valence electrons. The second-order valence-corrected chi connectivity index (χ2v) is 5.10. The third-order valence-corrected chi connectivity index (χ3v) is 3.50. The number of hydrogen-bond donors (Lipinski definition) is 2. The van der Waals surface area contributed by atoms with Crippen molar-refractivity contribution < 1.29 is 14.6 Å². The number of halogens is 1. The van der Waals surface area contributed by atoms with Crippen molar-refractivity contribution in [1.82, 2.24) is 19.6 Å². The number of aryl methyl sites for hydroxylation is 1. The molecule has 1 aromatic carbocycles. The first-order chi connectivity index (χ1) is 10.9. The number of phenols is 1. The van der Waals surface area contributed by atoms with Gasteiger partial charge in [-0.25, -0.2) is 4.98 Å². The van der Waals surface area contributed by atoms with E-state index in [-0.39, 0.29) is 22.4 Å². The Balaban J connectivity index is 2.40. The molecule has 3 rings (SSSR count). The number of hydrogen-bond acceptors (Lipinski definition) is 6.